The number of urea groups is 1. The van der Waals surface area contributed by atoms with Crippen molar-refractivity contribution < 1.29 is 9.59 Å². The first-order valence-corrected chi connectivity index (χ1v) is 7.61. The Kier molecular flexibility index (Phi) is 4.15. The zero-order chi connectivity index (χ0) is 16.6. The summed E-state index contributed by atoms with van der Waals surface area (Å²) >= 11 is 11.9. The van der Waals surface area contributed by atoms with Crippen molar-refractivity contribution in [2.24, 2.45) is 0 Å². The van der Waals surface area contributed by atoms with E-state index in [1.54, 1.807) is 55.6 Å². The number of halogens is 2. The average Bonchev–Trinajstić information content (AvgIpc) is 2.71. The quantitative estimate of drug-likeness (QED) is 0.856. The number of carbonyl (C=O) groups is 2. The molecule has 2 aromatic carbocycles. The Bertz CT molecular complexity index is 781. The molecule has 1 N–H and O–H groups in total. The van der Waals surface area contributed by atoms with Crippen molar-refractivity contribution in [3.05, 3.63) is 58.6 Å². The molecular weight excluding hydrogens is 337 g/mol. The first-order valence-electron chi connectivity index (χ1n) is 6.86. The fourth-order valence-corrected chi connectivity index (χ4v) is 2.77. The number of amides is 3. The molecule has 0 bridgehead atoms. The van der Waals surface area contributed by atoms with Crippen LogP contribution in [-0.2, 0) is 4.79 Å². The number of hydrogen-bond acceptors (Lipinski definition) is 3. The molecule has 3 amide bonds. The van der Waals surface area contributed by atoms with E-state index >= 15 is 0 Å². The summed E-state index contributed by atoms with van der Waals surface area (Å²) in [5.74, 6) is -0.375. The number of rotatable bonds is 3. The first kappa shape index (κ1) is 15.6. The normalized spacial score (nSPS) is 17.8. The van der Waals surface area contributed by atoms with Crippen molar-refractivity contribution in [2.45, 2.75) is 6.17 Å². The Morgan fingerprint density at radius 1 is 1.00 bits per heavy atom. The Morgan fingerprint density at radius 2 is 1.65 bits per heavy atom. The minimum Gasteiger partial charge on any atom is -0.357 e. The van der Waals surface area contributed by atoms with Crippen LogP contribution in [0.2, 0.25) is 10.0 Å². The van der Waals surface area contributed by atoms with E-state index in [9.17, 15) is 9.59 Å². The molecule has 1 heterocycles. The maximum absolute atomic E-state index is 12.7. The zero-order valence-corrected chi connectivity index (χ0v) is 13.7. The molecule has 3 rings (SSSR count). The summed E-state index contributed by atoms with van der Waals surface area (Å²) in [5, 5.41) is 4.02. The van der Waals surface area contributed by atoms with Gasteiger partial charge in [-0.05, 0) is 36.4 Å². The summed E-state index contributed by atoms with van der Waals surface area (Å²) in [6, 6.07) is 13.2. The van der Waals surface area contributed by atoms with Crippen LogP contribution in [0.25, 0.3) is 0 Å². The lowest BCUT2D eigenvalue weighted by molar-refractivity contribution is -0.118. The highest BCUT2D eigenvalue weighted by molar-refractivity contribution is 6.31. The number of anilines is 2. The number of benzene rings is 2. The third-order valence-corrected chi connectivity index (χ3v) is 4.00. The molecule has 23 heavy (non-hydrogen) atoms. The molecule has 1 aliphatic rings. The summed E-state index contributed by atoms with van der Waals surface area (Å²) in [7, 11) is 1.56. The Balaban J connectivity index is 1.89. The van der Waals surface area contributed by atoms with Crippen LogP contribution in [0.1, 0.15) is 0 Å². The van der Waals surface area contributed by atoms with Crippen molar-refractivity contribution in [2.75, 3.05) is 17.3 Å². The lowest BCUT2D eigenvalue weighted by Gasteiger charge is -2.18. The lowest BCUT2D eigenvalue weighted by atomic mass is 10.3. The molecule has 0 spiro atoms. The van der Waals surface area contributed by atoms with Gasteiger partial charge in [0.25, 0.3) is 5.91 Å². The fraction of sp³-hybridized carbons (Fsp3) is 0.125. The van der Waals surface area contributed by atoms with E-state index in [0.717, 1.165) is 4.90 Å². The second-order valence-electron chi connectivity index (χ2n) is 5.10. The van der Waals surface area contributed by atoms with Gasteiger partial charge in [0.05, 0.1) is 5.69 Å². The van der Waals surface area contributed by atoms with Gasteiger partial charge in [0.1, 0.15) is 0 Å². The minimum atomic E-state index is -0.806. The molecule has 1 saturated heterocycles. The number of imide groups is 1. The zero-order valence-electron chi connectivity index (χ0n) is 12.2. The molecule has 118 valence electrons. The lowest BCUT2D eigenvalue weighted by Crippen LogP contribution is -2.38. The van der Waals surface area contributed by atoms with Crippen molar-refractivity contribution in [1.82, 2.24) is 4.90 Å². The highest BCUT2D eigenvalue weighted by Crippen LogP contribution is 2.27. The van der Waals surface area contributed by atoms with Crippen LogP contribution in [0.4, 0.5) is 16.2 Å². The van der Waals surface area contributed by atoms with Crippen molar-refractivity contribution in [3.8, 4) is 0 Å². The van der Waals surface area contributed by atoms with Crippen LogP contribution in [0.3, 0.4) is 0 Å². The standard InChI is InChI=1S/C16H13Cl2N3O2/c1-20-14(19-12-6-2-4-10(17)8-12)15(22)21(16(20)23)13-7-3-5-11(18)9-13/h2-9,14,19H,1H3. The van der Waals surface area contributed by atoms with Gasteiger partial charge in [-0.1, -0.05) is 35.3 Å². The number of nitrogens with one attached hydrogen (secondary N) is 1. The summed E-state index contributed by atoms with van der Waals surface area (Å²) in [5.41, 5.74) is 1.10. The van der Waals surface area contributed by atoms with Gasteiger partial charge in [0.2, 0.25) is 0 Å². The number of likely N-dealkylation sites (N-methyl/N-ethyl adjacent to an activating group) is 1. The third kappa shape index (κ3) is 2.98. The Morgan fingerprint density at radius 3 is 2.30 bits per heavy atom. The predicted octanol–water partition coefficient (Wildman–Crippen LogP) is 3.83. The van der Waals surface area contributed by atoms with Gasteiger partial charge < -0.3 is 5.32 Å². The SMILES string of the molecule is CN1C(=O)N(c2cccc(Cl)c2)C(=O)C1Nc1cccc(Cl)c1. The van der Waals surface area contributed by atoms with E-state index in [1.807, 2.05) is 0 Å². The summed E-state index contributed by atoms with van der Waals surface area (Å²) in [4.78, 5) is 27.5. The largest absolute Gasteiger partial charge is 0.357 e. The predicted molar refractivity (Wildman–Crippen MR) is 91.0 cm³/mol. The molecule has 1 atom stereocenters. The van der Waals surface area contributed by atoms with Gasteiger partial charge >= 0.3 is 6.03 Å². The maximum atomic E-state index is 12.7. The maximum Gasteiger partial charge on any atom is 0.333 e. The van der Waals surface area contributed by atoms with Crippen molar-refractivity contribution in [3.63, 3.8) is 0 Å². The smallest absolute Gasteiger partial charge is 0.333 e. The molecule has 0 aliphatic carbocycles. The van der Waals surface area contributed by atoms with Crippen LogP contribution >= 0.6 is 23.2 Å². The van der Waals surface area contributed by atoms with E-state index in [4.69, 9.17) is 23.2 Å². The fourth-order valence-electron chi connectivity index (χ4n) is 2.40. The molecule has 1 aliphatic heterocycles. The second-order valence-corrected chi connectivity index (χ2v) is 5.98. The average molecular weight is 350 g/mol. The van der Waals surface area contributed by atoms with E-state index in [0.29, 0.717) is 21.4 Å². The summed E-state index contributed by atoms with van der Waals surface area (Å²) < 4.78 is 0. The summed E-state index contributed by atoms with van der Waals surface area (Å²) in [6.45, 7) is 0. The number of carbonyl (C=O) groups excluding carboxylic acids is 2. The van der Waals surface area contributed by atoms with E-state index in [2.05, 4.69) is 5.32 Å². The van der Waals surface area contributed by atoms with Gasteiger partial charge in [0, 0.05) is 22.8 Å². The topological polar surface area (TPSA) is 52.7 Å². The third-order valence-electron chi connectivity index (χ3n) is 3.53. The van der Waals surface area contributed by atoms with Crippen molar-refractivity contribution >= 4 is 46.5 Å². The van der Waals surface area contributed by atoms with Gasteiger partial charge in [-0.3, -0.25) is 9.69 Å². The molecular formula is C16H13Cl2N3O2. The number of nitrogens with zero attached hydrogens (tertiary/aromatic N) is 2. The first-order chi connectivity index (χ1) is 11.0. The molecule has 5 nitrogen and oxygen atoms in total. The van der Waals surface area contributed by atoms with Gasteiger partial charge in [-0.25, -0.2) is 9.69 Å². The monoisotopic (exact) mass is 349 g/mol. The van der Waals surface area contributed by atoms with E-state index in [-0.39, 0.29) is 5.91 Å². The molecule has 1 fully saturated rings. The molecule has 0 saturated carbocycles. The summed E-state index contributed by atoms with van der Waals surface area (Å²) in [6.07, 6.45) is -0.806. The van der Waals surface area contributed by atoms with Crippen LogP contribution in [0.15, 0.2) is 48.5 Å². The Hall–Kier alpha value is -2.24. The molecule has 2 aromatic rings. The van der Waals surface area contributed by atoms with Crippen molar-refractivity contribution in [1.29, 1.82) is 0 Å². The number of hydrogen-bond donors (Lipinski definition) is 1. The highest BCUT2D eigenvalue weighted by Gasteiger charge is 2.44. The molecule has 0 aromatic heterocycles. The van der Waals surface area contributed by atoms with Crippen LogP contribution in [0, 0.1) is 0 Å². The van der Waals surface area contributed by atoms with Crippen LogP contribution in [-0.4, -0.2) is 30.1 Å². The van der Waals surface area contributed by atoms with Crippen LogP contribution < -0.4 is 10.2 Å². The molecule has 7 heteroatoms. The molecule has 0 radical (unpaired) electrons. The minimum absolute atomic E-state index is 0.375. The van der Waals surface area contributed by atoms with E-state index in [1.165, 1.54) is 4.90 Å². The Labute approximate surface area is 143 Å². The van der Waals surface area contributed by atoms with Crippen LogP contribution in [0.5, 0.6) is 0 Å². The second kappa shape index (κ2) is 6.10. The van der Waals surface area contributed by atoms with Gasteiger partial charge in [-0.2, -0.15) is 0 Å². The van der Waals surface area contributed by atoms with Gasteiger partial charge in [0.15, 0.2) is 6.17 Å². The highest BCUT2D eigenvalue weighted by atomic mass is 35.5. The molecule has 1 unspecified atom stereocenters. The van der Waals surface area contributed by atoms with Gasteiger partial charge in [-0.15, -0.1) is 0 Å². The van der Waals surface area contributed by atoms with E-state index < -0.39 is 12.2 Å².